The number of hydrogen-bond acceptors (Lipinski definition) is 6. The van der Waals surface area contributed by atoms with Crippen LogP contribution in [0.4, 0.5) is 5.69 Å². The highest BCUT2D eigenvalue weighted by molar-refractivity contribution is 6.39. The Bertz CT molecular complexity index is 1240. The van der Waals surface area contributed by atoms with Gasteiger partial charge in [0.25, 0.3) is 5.91 Å². The third-order valence-corrected chi connectivity index (χ3v) is 5.87. The topological polar surface area (TPSA) is 132 Å². The first-order valence-electron chi connectivity index (χ1n) is 10.7. The molecule has 1 fully saturated rings. The van der Waals surface area contributed by atoms with Crippen molar-refractivity contribution in [1.29, 1.82) is 0 Å². The van der Waals surface area contributed by atoms with Crippen LogP contribution < -0.4 is 15.8 Å². The van der Waals surface area contributed by atoms with Gasteiger partial charge < -0.3 is 20.7 Å². The molecule has 3 amide bonds. The predicted molar refractivity (Wildman–Crippen MR) is 124 cm³/mol. The Labute approximate surface area is 192 Å². The number of likely N-dealkylation sites (tertiary alicyclic amines) is 1. The summed E-state index contributed by atoms with van der Waals surface area (Å²) in [5.41, 5.74) is 7.38. The molecular formula is C23H28N6O4. The zero-order valence-corrected chi connectivity index (χ0v) is 18.7. The maximum atomic E-state index is 13.2. The number of amides is 3. The number of carbonyl (C=O) groups is 3. The van der Waals surface area contributed by atoms with Crippen molar-refractivity contribution in [3.05, 3.63) is 47.8 Å². The van der Waals surface area contributed by atoms with Crippen LogP contribution in [-0.2, 0) is 16.6 Å². The minimum absolute atomic E-state index is 0. The third-order valence-electron chi connectivity index (χ3n) is 5.87. The molecule has 4 rings (SSSR count). The molecule has 1 saturated heterocycles. The molecule has 1 aliphatic heterocycles. The number of benzene rings is 1. The number of nitrogens with one attached hydrogen (secondary N) is 1. The van der Waals surface area contributed by atoms with Crippen molar-refractivity contribution in [1.82, 2.24) is 19.7 Å². The van der Waals surface area contributed by atoms with Gasteiger partial charge in [0.15, 0.2) is 0 Å². The van der Waals surface area contributed by atoms with E-state index in [1.165, 1.54) is 19.4 Å². The number of primary amides is 1. The van der Waals surface area contributed by atoms with Gasteiger partial charge in [-0.2, -0.15) is 5.10 Å². The van der Waals surface area contributed by atoms with E-state index in [0.29, 0.717) is 6.54 Å². The molecule has 0 spiro atoms. The summed E-state index contributed by atoms with van der Waals surface area (Å²) in [6, 6.07) is 7.03. The highest BCUT2D eigenvalue weighted by Crippen LogP contribution is 2.34. The predicted octanol–water partition coefficient (Wildman–Crippen LogP) is 2.26. The van der Waals surface area contributed by atoms with Gasteiger partial charge in [-0.25, -0.2) is 4.98 Å². The molecule has 2 aromatic heterocycles. The third kappa shape index (κ3) is 4.50. The van der Waals surface area contributed by atoms with Crippen molar-refractivity contribution in [2.75, 3.05) is 19.0 Å². The van der Waals surface area contributed by atoms with Crippen molar-refractivity contribution in [2.24, 2.45) is 18.7 Å². The number of carbonyl (C=O) groups excluding carboxylic acids is 3. The van der Waals surface area contributed by atoms with Crippen LogP contribution in [0.2, 0.25) is 0 Å². The second-order valence-electron chi connectivity index (χ2n) is 8.38. The molecule has 1 aliphatic rings. The van der Waals surface area contributed by atoms with E-state index in [-0.39, 0.29) is 30.5 Å². The fourth-order valence-corrected chi connectivity index (χ4v) is 4.27. The molecule has 0 unspecified atom stereocenters. The second-order valence-corrected chi connectivity index (χ2v) is 8.38. The maximum absolute atomic E-state index is 13.2. The molecule has 33 heavy (non-hydrogen) atoms. The minimum Gasteiger partial charge on any atom is -0.480 e. The smallest absolute Gasteiger partial charge is 0.313 e. The first-order chi connectivity index (χ1) is 15.8. The average molecular weight is 453 g/mol. The minimum atomic E-state index is -0.807. The Morgan fingerprint density at radius 3 is 2.76 bits per heavy atom. The lowest BCUT2D eigenvalue weighted by molar-refractivity contribution is -0.146. The molecule has 10 heteroatoms. The zero-order chi connectivity index (χ0) is 23.7. The van der Waals surface area contributed by atoms with Crippen molar-refractivity contribution in [3.8, 4) is 5.88 Å². The van der Waals surface area contributed by atoms with E-state index >= 15 is 0 Å². The Balaban J connectivity index is 0.00000324. The van der Waals surface area contributed by atoms with Crippen LogP contribution in [0, 0.1) is 5.92 Å². The van der Waals surface area contributed by atoms with Gasteiger partial charge in [0.05, 0.1) is 30.6 Å². The van der Waals surface area contributed by atoms with E-state index in [1.807, 2.05) is 31.4 Å². The van der Waals surface area contributed by atoms with Crippen molar-refractivity contribution in [3.63, 3.8) is 0 Å². The summed E-state index contributed by atoms with van der Waals surface area (Å²) < 4.78 is 6.76. The summed E-state index contributed by atoms with van der Waals surface area (Å²) >= 11 is 0. The standard InChI is InChI=1S/C23H26N6O4.H2/c1-13-4-7-19(14-5-6-18-15(8-14)12-28(2)27-18)29(11-13)23(32)21(31)26-16-9-17(20(24)30)22(33-3)25-10-16;/h5-6,8-10,12-13,19H,4,7,11H2,1-3H3,(H2,24,30)(H,26,31);1H/t13-,19+;/m1./s1. The lowest BCUT2D eigenvalue weighted by Crippen LogP contribution is -2.46. The number of aryl methyl sites for hydroxylation is 1. The number of methoxy groups -OCH3 is 1. The molecular weight excluding hydrogens is 424 g/mol. The lowest BCUT2D eigenvalue weighted by atomic mass is 9.89. The number of fused-ring (bicyclic) bond motifs is 1. The summed E-state index contributed by atoms with van der Waals surface area (Å²) in [7, 11) is 3.22. The number of ether oxygens (including phenoxy) is 1. The number of rotatable bonds is 4. The van der Waals surface area contributed by atoms with Gasteiger partial charge in [-0.3, -0.25) is 19.1 Å². The van der Waals surface area contributed by atoms with Gasteiger partial charge >= 0.3 is 11.8 Å². The highest BCUT2D eigenvalue weighted by atomic mass is 16.5. The zero-order valence-electron chi connectivity index (χ0n) is 18.7. The van der Waals surface area contributed by atoms with E-state index in [2.05, 4.69) is 22.3 Å². The molecule has 0 aliphatic carbocycles. The van der Waals surface area contributed by atoms with Crippen LogP contribution in [0.15, 0.2) is 36.7 Å². The highest BCUT2D eigenvalue weighted by Gasteiger charge is 2.34. The molecule has 0 radical (unpaired) electrons. The number of pyridine rings is 1. The van der Waals surface area contributed by atoms with Gasteiger partial charge in [0, 0.05) is 26.6 Å². The quantitative estimate of drug-likeness (QED) is 0.584. The van der Waals surface area contributed by atoms with E-state index in [1.54, 1.807) is 9.58 Å². The first-order valence-corrected chi connectivity index (χ1v) is 10.7. The lowest BCUT2D eigenvalue weighted by Gasteiger charge is -2.38. The van der Waals surface area contributed by atoms with Crippen LogP contribution in [0.3, 0.4) is 0 Å². The molecule has 10 nitrogen and oxygen atoms in total. The molecule has 1 aromatic carbocycles. The van der Waals surface area contributed by atoms with Crippen LogP contribution in [0.25, 0.3) is 10.9 Å². The number of hydrogen-bond donors (Lipinski definition) is 2. The van der Waals surface area contributed by atoms with Crippen molar-refractivity contribution >= 4 is 34.3 Å². The van der Waals surface area contributed by atoms with Gasteiger partial charge in [0.1, 0.15) is 5.56 Å². The number of piperidine rings is 1. The molecule has 3 N–H and O–H groups in total. The summed E-state index contributed by atoms with van der Waals surface area (Å²) in [4.78, 5) is 43.3. The summed E-state index contributed by atoms with van der Waals surface area (Å²) in [5.74, 6) is -1.89. The van der Waals surface area contributed by atoms with Gasteiger partial charge in [-0.1, -0.05) is 13.0 Å². The van der Waals surface area contributed by atoms with E-state index in [0.717, 1.165) is 29.3 Å². The van der Waals surface area contributed by atoms with Crippen LogP contribution >= 0.6 is 0 Å². The normalized spacial score (nSPS) is 18.2. The molecule has 0 saturated carbocycles. The number of anilines is 1. The Morgan fingerprint density at radius 1 is 1.24 bits per heavy atom. The molecule has 174 valence electrons. The molecule has 3 aromatic rings. The number of aromatic nitrogens is 3. The van der Waals surface area contributed by atoms with Crippen molar-refractivity contribution < 1.29 is 20.5 Å². The maximum Gasteiger partial charge on any atom is 0.313 e. The SMILES string of the molecule is COc1ncc(NC(=O)C(=O)N2C[C@H](C)CC[C@H]2c2ccc3nn(C)cc3c2)cc1C(N)=O.[HH]. The number of nitrogens with two attached hydrogens (primary N) is 1. The van der Waals surface area contributed by atoms with E-state index in [9.17, 15) is 14.4 Å². The summed E-state index contributed by atoms with van der Waals surface area (Å²) in [6.45, 7) is 2.53. The Kier molecular flexibility index (Phi) is 5.99. The van der Waals surface area contributed by atoms with E-state index < -0.39 is 17.7 Å². The van der Waals surface area contributed by atoms with Crippen LogP contribution in [-0.4, -0.2) is 51.0 Å². The average Bonchev–Trinajstić information content (AvgIpc) is 3.17. The fourth-order valence-electron chi connectivity index (χ4n) is 4.27. The second kappa shape index (κ2) is 8.89. The Morgan fingerprint density at radius 2 is 2.03 bits per heavy atom. The fraction of sp³-hybridized carbons (Fsp3) is 0.348. The Hall–Kier alpha value is -3.95. The monoisotopic (exact) mass is 452 g/mol. The van der Waals surface area contributed by atoms with Crippen LogP contribution in [0.1, 0.15) is 43.2 Å². The van der Waals surface area contributed by atoms with Crippen molar-refractivity contribution in [2.45, 2.75) is 25.8 Å². The van der Waals surface area contributed by atoms with E-state index in [4.69, 9.17) is 10.5 Å². The number of nitrogens with zero attached hydrogens (tertiary/aromatic N) is 4. The first kappa shape index (κ1) is 22.3. The molecule has 3 heterocycles. The molecule has 2 atom stereocenters. The largest absolute Gasteiger partial charge is 0.480 e. The van der Waals surface area contributed by atoms with Crippen LogP contribution in [0.5, 0.6) is 5.88 Å². The summed E-state index contributed by atoms with van der Waals surface area (Å²) in [5, 5.41) is 7.91. The molecule has 0 bridgehead atoms. The van der Waals surface area contributed by atoms with Gasteiger partial charge in [-0.15, -0.1) is 0 Å². The summed E-state index contributed by atoms with van der Waals surface area (Å²) in [6.07, 6.45) is 4.94. The van der Waals surface area contributed by atoms with Gasteiger partial charge in [0.2, 0.25) is 5.88 Å². The van der Waals surface area contributed by atoms with Gasteiger partial charge in [-0.05, 0) is 42.5 Å².